The number of nitrogens with two attached hydrogens (primary N) is 1. The molecule has 0 aromatic carbocycles. The summed E-state index contributed by atoms with van der Waals surface area (Å²) in [6.07, 6.45) is 11.8. The Hall–Kier alpha value is -1.16. The van der Waals surface area contributed by atoms with Crippen molar-refractivity contribution < 1.29 is 4.79 Å². The number of aromatic nitrogens is 2. The number of Topliss-reactive ketones (excluding diaryl/α,β-unsaturated/α-hetero) is 1. The molecule has 0 atom stereocenters. The van der Waals surface area contributed by atoms with E-state index in [1.54, 1.807) is 6.33 Å². The highest BCUT2D eigenvalue weighted by molar-refractivity contribution is 5.93. The summed E-state index contributed by atoms with van der Waals surface area (Å²) in [7, 11) is 0. The third-order valence-electron chi connectivity index (χ3n) is 3.81. The Kier molecular flexibility index (Phi) is 4.93. The van der Waals surface area contributed by atoms with Crippen LogP contribution in [0.4, 0.5) is 0 Å². The van der Waals surface area contributed by atoms with Crippen LogP contribution >= 0.6 is 0 Å². The molecule has 2 rings (SSSR count). The van der Waals surface area contributed by atoms with Crippen LogP contribution in [-0.2, 0) is 6.54 Å². The first-order valence-electron chi connectivity index (χ1n) is 7.04. The molecule has 0 bridgehead atoms. The van der Waals surface area contributed by atoms with Crippen molar-refractivity contribution in [3.63, 3.8) is 0 Å². The standard InChI is InChI=1S/C14H23N3O/c15-8-9-17-10-13(16-11-17)14(18)7-6-12-4-2-1-3-5-12/h10-12H,1-9,15H2. The molecule has 1 aliphatic rings. The Morgan fingerprint density at radius 2 is 2.17 bits per heavy atom. The maximum atomic E-state index is 12.0. The highest BCUT2D eigenvalue weighted by Gasteiger charge is 2.16. The van der Waals surface area contributed by atoms with Gasteiger partial charge in [0.2, 0.25) is 0 Å². The van der Waals surface area contributed by atoms with Crippen molar-refractivity contribution in [3.8, 4) is 0 Å². The number of carbonyl (C=O) groups is 1. The maximum Gasteiger partial charge on any atom is 0.182 e. The first kappa shape index (κ1) is 13.3. The molecular formula is C14H23N3O. The largest absolute Gasteiger partial charge is 0.335 e. The quantitative estimate of drug-likeness (QED) is 0.787. The van der Waals surface area contributed by atoms with Crippen molar-refractivity contribution >= 4 is 5.78 Å². The van der Waals surface area contributed by atoms with Crippen LogP contribution in [-0.4, -0.2) is 21.9 Å². The van der Waals surface area contributed by atoms with Gasteiger partial charge in [-0.1, -0.05) is 32.1 Å². The van der Waals surface area contributed by atoms with Gasteiger partial charge in [0, 0.05) is 25.7 Å². The predicted molar refractivity (Wildman–Crippen MR) is 71.4 cm³/mol. The normalized spacial score (nSPS) is 16.9. The fourth-order valence-corrected chi connectivity index (χ4v) is 2.71. The molecule has 0 unspecified atom stereocenters. The summed E-state index contributed by atoms with van der Waals surface area (Å²) in [4.78, 5) is 16.2. The van der Waals surface area contributed by atoms with Crippen molar-refractivity contribution in [2.24, 2.45) is 11.7 Å². The van der Waals surface area contributed by atoms with Gasteiger partial charge in [-0.2, -0.15) is 0 Å². The van der Waals surface area contributed by atoms with Crippen LogP contribution < -0.4 is 5.73 Å². The predicted octanol–water partition coefficient (Wildman–Crippen LogP) is 2.38. The van der Waals surface area contributed by atoms with Gasteiger partial charge >= 0.3 is 0 Å². The van der Waals surface area contributed by atoms with Crippen LogP contribution in [0.1, 0.15) is 55.4 Å². The summed E-state index contributed by atoms with van der Waals surface area (Å²) in [6, 6.07) is 0. The van der Waals surface area contributed by atoms with E-state index in [1.807, 2.05) is 10.8 Å². The smallest absolute Gasteiger partial charge is 0.182 e. The van der Waals surface area contributed by atoms with Crippen molar-refractivity contribution in [2.75, 3.05) is 6.54 Å². The summed E-state index contributed by atoms with van der Waals surface area (Å²) in [5, 5.41) is 0. The van der Waals surface area contributed by atoms with Crippen LogP contribution in [0.15, 0.2) is 12.5 Å². The van der Waals surface area contributed by atoms with Crippen LogP contribution in [0.5, 0.6) is 0 Å². The van der Waals surface area contributed by atoms with E-state index in [0.29, 0.717) is 18.7 Å². The third kappa shape index (κ3) is 3.67. The molecule has 1 fully saturated rings. The molecule has 0 saturated heterocycles. The molecule has 0 spiro atoms. The number of rotatable bonds is 6. The summed E-state index contributed by atoms with van der Waals surface area (Å²) in [5.41, 5.74) is 6.07. The molecule has 0 aliphatic heterocycles. The summed E-state index contributed by atoms with van der Waals surface area (Å²) < 4.78 is 1.88. The van der Waals surface area contributed by atoms with Gasteiger partial charge in [0.15, 0.2) is 5.78 Å². The van der Waals surface area contributed by atoms with E-state index in [9.17, 15) is 4.79 Å². The second-order valence-corrected chi connectivity index (χ2v) is 5.25. The van der Waals surface area contributed by atoms with Crippen LogP contribution in [0.2, 0.25) is 0 Å². The minimum absolute atomic E-state index is 0.177. The number of imidazole rings is 1. The lowest BCUT2D eigenvalue weighted by atomic mass is 9.85. The average molecular weight is 249 g/mol. The zero-order valence-corrected chi connectivity index (χ0v) is 11.0. The van der Waals surface area contributed by atoms with Gasteiger partial charge in [0.1, 0.15) is 5.69 Å². The van der Waals surface area contributed by atoms with Crippen molar-refractivity contribution in [2.45, 2.75) is 51.5 Å². The van der Waals surface area contributed by atoms with Gasteiger partial charge < -0.3 is 10.3 Å². The van der Waals surface area contributed by atoms with Crippen LogP contribution in [0.25, 0.3) is 0 Å². The molecule has 1 aromatic heterocycles. The van der Waals surface area contributed by atoms with Gasteiger partial charge in [-0.15, -0.1) is 0 Å². The minimum atomic E-state index is 0.177. The molecule has 100 valence electrons. The Morgan fingerprint density at radius 1 is 1.39 bits per heavy atom. The average Bonchev–Trinajstić information content (AvgIpc) is 2.86. The SMILES string of the molecule is NCCn1cnc(C(=O)CCC2CCCCC2)c1. The molecule has 4 nitrogen and oxygen atoms in total. The zero-order chi connectivity index (χ0) is 12.8. The lowest BCUT2D eigenvalue weighted by Gasteiger charge is -2.20. The minimum Gasteiger partial charge on any atom is -0.335 e. The summed E-state index contributed by atoms with van der Waals surface area (Å²) in [5.74, 6) is 0.935. The number of carbonyl (C=O) groups excluding carboxylic acids is 1. The molecule has 0 amide bonds. The van der Waals surface area contributed by atoms with Crippen molar-refractivity contribution in [1.29, 1.82) is 0 Å². The molecule has 1 saturated carbocycles. The van der Waals surface area contributed by atoms with E-state index in [4.69, 9.17) is 5.73 Å². The molecule has 18 heavy (non-hydrogen) atoms. The Bertz CT molecular complexity index is 380. The second kappa shape index (κ2) is 6.69. The summed E-state index contributed by atoms with van der Waals surface area (Å²) in [6.45, 7) is 1.30. The summed E-state index contributed by atoms with van der Waals surface area (Å²) >= 11 is 0. The van der Waals surface area contributed by atoms with Gasteiger partial charge in [-0.3, -0.25) is 4.79 Å². The molecule has 1 aromatic rings. The van der Waals surface area contributed by atoms with E-state index >= 15 is 0 Å². The maximum absolute atomic E-state index is 12.0. The van der Waals surface area contributed by atoms with Crippen LogP contribution in [0.3, 0.4) is 0 Å². The number of hydrogen-bond acceptors (Lipinski definition) is 3. The first-order chi connectivity index (χ1) is 8.79. The molecule has 2 N–H and O–H groups in total. The van der Waals surface area contributed by atoms with Gasteiger partial charge in [0.05, 0.1) is 6.33 Å². The molecule has 4 heteroatoms. The second-order valence-electron chi connectivity index (χ2n) is 5.25. The Balaban J connectivity index is 1.79. The van der Waals surface area contributed by atoms with Gasteiger partial charge in [0.25, 0.3) is 0 Å². The van der Waals surface area contributed by atoms with E-state index < -0.39 is 0 Å². The van der Waals surface area contributed by atoms with Gasteiger partial charge in [-0.05, 0) is 12.3 Å². The van der Waals surface area contributed by atoms with Crippen molar-refractivity contribution in [1.82, 2.24) is 9.55 Å². The van der Waals surface area contributed by atoms with E-state index in [0.717, 1.165) is 18.9 Å². The van der Waals surface area contributed by atoms with Crippen molar-refractivity contribution in [3.05, 3.63) is 18.2 Å². The number of ketones is 1. The van der Waals surface area contributed by atoms with E-state index in [-0.39, 0.29) is 5.78 Å². The highest BCUT2D eigenvalue weighted by atomic mass is 16.1. The topological polar surface area (TPSA) is 60.9 Å². The molecule has 1 aliphatic carbocycles. The van der Waals surface area contributed by atoms with Crippen LogP contribution in [0, 0.1) is 5.92 Å². The number of nitrogens with zero attached hydrogens (tertiary/aromatic N) is 2. The fourth-order valence-electron chi connectivity index (χ4n) is 2.71. The van der Waals surface area contributed by atoms with E-state index in [2.05, 4.69) is 4.98 Å². The molecule has 1 heterocycles. The number of hydrogen-bond donors (Lipinski definition) is 1. The highest BCUT2D eigenvalue weighted by Crippen LogP contribution is 2.27. The lowest BCUT2D eigenvalue weighted by Crippen LogP contribution is -2.10. The van der Waals surface area contributed by atoms with E-state index in [1.165, 1.54) is 32.1 Å². The first-order valence-corrected chi connectivity index (χ1v) is 7.04. The molecular weight excluding hydrogens is 226 g/mol. The zero-order valence-electron chi connectivity index (χ0n) is 11.0. The third-order valence-corrected chi connectivity index (χ3v) is 3.81. The monoisotopic (exact) mass is 249 g/mol. The Labute approximate surface area is 109 Å². The fraction of sp³-hybridized carbons (Fsp3) is 0.714. The lowest BCUT2D eigenvalue weighted by molar-refractivity contribution is 0.0965. The van der Waals surface area contributed by atoms with Gasteiger partial charge in [-0.25, -0.2) is 4.98 Å². The Morgan fingerprint density at radius 3 is 2.89 bits per heavy atom. The molecule has 0 radical (unpaired) electrons.